The summed E-state index contributed by atoms with van der Waals surface area (Å²) in [6.45, 7) is 0.547. The van der Waals surface area contributed by atoms with Gasteiger partial charge in [0.05, 0.1) is 5.92 Å². The second kappa shape index (κ2) is 6.54. The number of amides is 1. The summed E-state index contributed by atoms with van der Waals surface area (Å²) < 4.78 is 5.89. The minimum Gasteiger partial charge on any atom is -0.492 e. The van der Waals surface area contributed by atoms with Crippen LogP contribution in [0.15, 0.2) is 24.3 Å². The zero-order chi connectivity index (χ0) is 15.6. The Kier molecular flexibility index (Phi) is 4.28. The van der Waals surface area contributed by atoms with E-state index in [2.05, 4.69) is 11.0 Å². The zero-order valence-corrected chi connectivity index (χ0v) is 13.9. The Bertz CT molecular complexity index is 543. The molecule has 0 saturated heterocycles. The predicted octanol–water partition coefficient (Wildman–Crippen LogP) is 3.95. The van der Waals surface area contributed by atoms with Gasteiger partial charge in [0, 0.05) is 12.1 Å². The molecular formula is C20H27NO2. The first-order chi connectivity index (χ1) is 11.3. The smallest absolute Gasteiger partial charge is 0.229 e. The lowest BCUT2D eigenvalue weighted by Crippen LogP contribution is -2.49. The highest BCUT2D eigenvalue weighted by molar-refractivity contribution is 5.80. The van der Waals surface area contributed by atoms with Gasteiger partial charge in [-0.05, 0) is 43.7 Å². The van der Waals surface area contributed by atoms with Crippen molar-refractivity contribution < 1.29 is 9.53 Å². The maximum absolute atomic E-state index is 13.3. The van der Waals surface area contributed by atoms with E-state index in [1.165, 1.54) is 56.9 Å². The lowest BCUT2D eigenvalue weighted by molar-refractivity contribution is -0.142. The molecule has 1 aromatic carbocycles. The Hall–Kier alpha value is -1.51. The van der Waals surface area contributed by atoms with Crippen molar-refractivity contribution in [1.82, 2.24) is 4.90 Å². The number of carbonyl (C=O) groups excluding carboxylic acids is 1. The van der Waals surface area contributed by atoms with Gasteiger partial charge in [0.1, 0.15) is 12.4 Å². The molecule has 1 atom stereocenters. The van der Waals surface area contributed by atoms with E-state index in [-0.39, 0.29) is 5.92 Å². The van der Waals surface area contributed by atoms with E-state index in [0.29, 0.717) is 24.6 Å². The van der Waals surface area contributed by atoms with Gasteiger partial charge in [-0.25, -0.2) is 0 Å². The largest absolute Gasteiger partial charge is 0.492 e. The minimum atomic E-state index is 0.00565. The summed E-state index contributed by atoms with van der Waals surface area (Å²) in [5.41, 5.74) is 1.19. The molecule has 0 aromatic heterocycles. The molecule has 2 fully saturated rings. The van der Waals surface area contributed by atoms with Crippen LogP contribution in [0.5, 0.6) is 5.75 Å². The quantitative estimate of drug-likeness (QED) is 0.845. The second-order valence-electron chi connectivity index (χ2n) is 7.44. The molecule has 3 aliphatic rings. The third-order valence-corrected chi connectivity index (χ3v) is 5.92. The Labute approximate surface area is 139 Å². The summed E-state index contributed by atoms with van der Waals surface area (Å²) in [4.78, 5) is 15.6. The number of nitrogens with zero attached hydrogens (tertiary/aromatic N) is 1. The summed E-state index contributed by atoms with van der Waals surface area (Å²) >= 11 is 0. The number of para-hydroxylation sites is 1. The van der Waals surface area contributed by atoms with Crippen molar-refractivity contribution in [1.29, 1.82) is 0 Å². The fourth-order valence-electron chi connectivity index (χ4n) is 4.72. The standard InChI is InChI=1S/C20H27NO2/c22-20(16-13-15-7-1-6-12-19(15)23-14-16)21(17-8-2-3-9-17)18-10-4-5-11-18/h1,6-7,12,16-18H,2-5,8-11,13-14H2. The molecule has 0 spiro atoms. The van der Waals surface area contributed by atoms with Gasteiger partial charge >= 0.3 is 0 Å². The summed E-state index contributed by atoms with van der Waals surface area (Å²) in [6, 6.07) is 9.14. The summed E-state index contributed by atoms with van der Waals surface area (Å²) in [5, 5.41) is 0. The van der Waals surface area contributed by atoms with Gasteiger partial charge in [0.25, 0.3) is 0 Å². The van der Waals surface area contributed by atoms with Crippen molar-refractivity contribution >= 4 is 5.91 Å². The molecule has 0 bridgehead atoms. The predicted molar refractivity (Wildman–Crippen MR) is 90.5 cm³/mol. The van der Waals surface area contributed by atoms with Crippen molar-refractivity contribution in [2.45, 2.75) is 69.9 Å². The number of carbonyl (C=O) groups is 1. The number of benzene rings is 1. The van der Waals surface area contributed by atoms with Gasteiger partial charge in [-0.3, -0.25) is 4.79 Å². The number of rotatable bonds is 3. The molecule has 23 heavy (non-hydrogen) atoms. The van der Waals surface area contributed by atoms with E-state index < -0.39 is 0 Å². The first-order valence-electron chi connectivity index (χ1n) is 9.36. The number of hydrogen-bond donors (Lipinski definition) is 0. The average Bonchev–Trinajstić information content (AvgIpc) is 3.29. The summed E-state index contributed by atoms with van der Waals surface area (Å²) in [5.74, 6) is 1.33. The molecule has 3 heteroatoms. The molecular weight excluding hydrogens is 286 g/mol. The van der Waals surface area contributed by atoms with E-state index in [1.54, 1.807) is 0 Å². The van der Waals surface area contributed by atoms with E-state index >= 15 is 0 Å². The van der Waals surface area contributed by atoms with Crippen LogP contribution in [0.1, 0.15) is 56.9 Å². The fourth-order valence-corrected chi connectivity index (χ4v) is 4.72. The third-order valence-electron chi connectivity index (χ3n) is 5.92. The van der Waals surface area contributed by atoms with Gasteiger partial charge in [-0.1, -0.05) is 43.9 Å². The average molecular weight is 313 g/mol. The Morgan fingerprint density at radius 3 is 2.22 bits per heavy atom. The molecule has 2 saturated carbocycles. The topological polar surface area (TPSA) is 29.5 Å². The van der Waals surface area contributed by atoms with Crippen LogP contribution >= 0.6 is 0 Å². The second-order valence-corrected chi connectivity index (χ2v) is 7.44. The number of hydrogen-bond acceptors (Lipinski definition) is 2. The molecule has 124 valence electrons. The fraction of sp³-hybridized carbons (Fsp3) is 0.650. The molecule has 1 amide bonds. The maximum atomic E-state index is 13.3. The SMILES string of the molecule is O=C(C1COc2ccccc2C1)N(C1CCCC1)C1CCCC1. The van der Waals surface area contributed by atoms with Crippen LogP contribution in [0.3, 0.4) is 0 Å². The van der Waals surface area contributed by atoms with Crippen LogP contribution in [-0.4, -0.2) is 29.5 Å². The third kappa shape index (κ3) is 2.98. The van der Waals surface area contributed by atoms with Gasteiger partial charge in [-0.2, -0.15) is 0 Å². The van der Waals surface area contributed by atoms with Gasteiger partial charge in [0.15, 0.2) is 0 Å². The Morgan fingerprint density at radius 2 is 1.57 bits per heavy atom. The van der Waals surface area contributed by atoms with Crippen LogP contribution in [0.4, 0.5) is 0 Å². The molecule has 4 rings (SSSR count). The molecule has 1 unspecified atom stereocenters. The number of ether oxygens (including phenoxy) is 1. The minimum absolute atomic E-state index is 0.00565. The molecule has 2 aliphatic carbocycles. The molecule has 0 N–H and O–H groups in total. The normalized spacial score (nSPS) is 25.1. The van der Waals surface area contributed by atoms with Crippen molar-refractivity contribution in [3.05, 3.63) is 29.8 Å². The highest BCUT2D eigenvalue weighted by Crippen LogP contribution is 2.35. The summed E-state index contributed by atoms with van der Waals surface area (Å²) in [7, 11) is 0. The lowest BCUT2D eigenvalue weighted by atomic mass is 9.94. The van der Waals surface area contributed by atoms with Crippen LogP contribution in [-0.2, 0) is 11.2 Å². The number of fused-ring (bicyclic) bond motifs is 1. The van der Waals surface area contributed by atoms with Gasteiger partial charge < -0.3 is 9.64 Å². The molecule has 1 heterocycles. The first kappa shape index (κ1) is 15.0. The molecule has 1 aromatic rings. The Balaban J connectivity index is 1.53. The molecule has 3 nitrogen and oxygen atoms in total. The van der Waals surface area contributed by atoms with Crippen molar-refractivity contribution in [3.63, 3.8) is 0 Å². The van der Waals surface area contributed by atoms with E-state index in [9.17, 15) is 4.79 Å². The van der Waals surface area contributed by atoms with Crippen LogP contribution < -0.4 is 4.74 Å². The highest BCUT2D eigenvalue weighted by Gasteiger charge is 2.38. The van der Waals surface area contributed by atoms with Gasteiger partial charge in [0.2, 0.25) is 5.91 Å². The van der Waals surface area contributed by atoms with Crippen molar-refractivity contribution in [2.24, 2.45) is 5.92 Å². The van der Waals surface area contributed by atoms with E-state index in [0.717, 1.165) is 12.2 Å². The summed E-state index contributed by atoms with van der Waals surface area (Å²) in [6.07, 6.45) is 10.8. The van der Waals surface area contributed by atoms with Crippen LogP contribution in [0.2, 0.25) is 0 Å². The maximum Gasteiger partial charge on any atom is 0.229 e. The van der Waals surface area contributed by atoms with Crippen molar-refractivity contribution in [2.75, 3.05) is 6.61 Å². The first-order valence-corrected chi connectivity index (χ1v) is 9.36. The highest BCUT2D eigenvalue weighted by atomic mass is 16.5. The molecule has 0 radical (unpaired) electrons. The van der Waals surface area contributed by atoms with E-state index in [4.69, 9.17) is 4.74 Å². The van der Waals surface area contributed by atoms with Crippen LogP contribution in [0.25, 0.3) is 0 Å². The Morgan fingerprint density at radius 1 is 0.957 bits per heavy atom. The van der Waals surface area contributed by atoms with Gasteiger partial charge in [-0.15, -0.1) is 0 Å². The lowest BCUT2D eigenvalue weighted by Gasteiger charge is -2.38. The molecule has 1 aliphatic heterocycles. The zero-order valence-electron chi connectivity index (χ0n) is 13.9. The monoisotopic (exact) mass is 313 g/mol. The van der Waals surface area contributed by atoms with E-state index in [1.807, 2.05) is 18.2 Å². The van der Waals surface area contributed by atoms with Crippen molar-refractivity contribution in [3.8, 4) is 5.75 Å². The van der Waals surface area contributed by atoms with Crippen LogP contribution in [0, 0.1) is 5.92 Å².